The largest absolute Gasteiger partial charge is 0.497 e. The molecule has 4 rings (SSSR count). The maximum absolute atomic E-state index is 12.6. The number of rotatable bonds is 5. The number of carbonyl (C=O) groups is 1. The third-order valence-corrected chi connectivity index (χ3v) is 5.78. The highest BCUT2D eigenvalue weighted by atomic mass is 35.5. The van der Waals surface area contributed by atoms with Crippen molar-refractivity contribution in [3.05, 3.63) is 47.9 Å². The molecule has 2 aromatic rings. The van der Waals surface area contributed by atoms with E-state index in [1.54, 1.807) is 13.3 Å². The predicted octanol–water partition coefficient (Wildman–Crippen LogP) is 2.80. The number of ether oxygens (including phenoxy) is 1. The zero-order valence-corrected chi connectivity index (χ0v) is 16.5. The molecule has 1 aromatic heterocycles. The first-order valence-electron chi connectivity index (χ1n) is 9.17. The number of hydrogen-bond acceptors (Lipinski definition) is 5. The lowest BCUT2D eigenvalue weighted by atomic mass is 9.89. The van der Waals surface area contributed by atoms with Crippen molar-refractivity contribution in [2.75, 3.05) is 33.8 Å². The first kappa shape index (κ1) is 19.7. The van der Waals surface area contributed by atoms with Gasteiger partial charge in [-0.1, -0.05) is 17.3 Å². The van der Waals surface area contributed by atoms with Crippen LogP contribution in [0.25, 0.3) is 0 Å². The summed E-state index contributed by atoms with van der Waals surface area (Å²) in [6.07, 6.45) is 2.72. The van der Waals surface area contributed by atoms with E-state index < -0.39 is 0 Å². The van der Waals surface area contributed by atoms with Crippen LogP contribution in [0.3, 0.4) is 0 Å². The number of aryl methyl sites for hydroxylation is 1. The average molecular weight is 392 g/mol. The molecule has 0 aliphatic carbocycles. The second kappa shape index (κ2) is 8.31. The SMILES string of the molecule is COc1ccc([C@@H]2[C@@H]3CN(C(=O)CCc4ccno4)C[C@@H]3CN2C)cc1.Cl. The number of hydrogen-bond donors (Lipinski definition) is 0. The molecule has 1 aromatic carbocycles. The van der Waals surface area contributed by atoms with Crippen molar-refractivity contribution in [3.63, 3.8) is 0 Å². The Morgan fingerprint density at radius 2 is 2.00 bits per heavy atom. The number of likely N-dealkylation sites (tertiary alicyclic amines) is 2. The minimum Gasteiger partial charge on any atom is -0.497 e. The van der Waals surface area contributed by atoms with Gasteiger partial charge in [-0.2, -0.15) is 0 Å². The summed E-state index contributed by atoms with van der Waals surface area (Å²) in [7, 11) is 3.87. The number of carbonyl (C=O) groups excluding carboxylic acids is 1. The molecular formula is C20H26ClN3O3. The molecule has 2 fully saturated rings. The second-order valence-corrected chi connectivity index (χ2v) is 7.36. The zero-order valence-electron chi connectivity index (χ0n) is 15.7. The summed E-state index contributed by atoms with van der Waals surface area (Å²) >= 11 is 0. The van der Waals surface area contributed by atoms with Crippen LogP contribution in [0.15, 0.2) is 41.1 Å². The first-order valence-corrected chi connectivity index (χ1v) is 9.17. The number of halogens is 1. The lowest BCUT2D eigenvalue weighted by molar-refractivity contribution is -0.130. The monoisotopic (exact) mass is 391 g/mol. The smallest absolute Gasteiger partial charge is 0.223 e. The molecule has 0 saturated carbocycles. The van der Waals surface area contributed by atoms with E-state index in [2.05, 4.69) is 29.2 Å². The third-order valence-electron chi connectivity index (χ3n) is 5.78. The zero-order chi connectivity index (χ0) is 18.1. The highest BCUT2D eigenvalue weighted by Crippen LogP contribution is 2.44. The second-order valence-electron chi connectivity index (χ2n) is 7.36. The molecule has 2 aliphatic rings. The molecule has 0 radical (unpaired) electrons. The van der Waals surface area contributed by atoms with Crippen LogP contribution in [-0.2, 0) is 11.2 Å². The number of nitrogens with zero attached hydrogens (tertiary/aromatic N) is 3. The Kier molecular flexibility index (Phi) is 6.07. The summed E-state index contributed by atoms with van der Waals surface area (Å²) in [5.41, 5.74) is 1.30. The highest BCUT2D eigenvalue weighted by molar-refractivity contribution is 5.85. The number of amides is 1. The molecule has 0 unspecified atom stereocenters. The summed E-state index contributed by atoms with van der Waals surface area (Å²) in [6.45, 7) is 2.73. The topological polar surface area (TPSA) is 58.8 Å². The van der Waals surface area contributed by atoms with Gasteiger partial charge in [-0.3, -0.25) is 9.69 Å². The van der Waals surface area contributed by atoms with Gasteiger partial charge in [0.25, 0.3) is 0 Å². The van der Waals surface area contributed by atoms with E-state index in [9.17, 15) is 4.79 Å². The molecule has 6 nitrogen and oxygen atoms in total. The maximum atomic E-state index is 12.6. The predicted molar refractivity (Wildman–Crippen MR) is 104 cm³/mol. The Hall–Kier alpha value is -2.05. The summed E-state index contributed by atoms with van der Waals surface area (Å²) < 4.78 is 10.4. The van der Waals surface area contributed by atoms with Crippen LogP contribution in [0.2, 0.25) is 0 Å². The standard InChI is InChI=1S/C20H25N3O3.ClH/c1-22-11-15-12-23(19(24)8-7-17-9-10-21-26-17)13-18(15)20(22)14-3-5-16(25-2)6-4-14;/h3-6,9-10,15,18,20H,7-8,11-13H2,1-2H3;1H/t15-,18+,20+;/m0./s1. The van der Waals surface area contributed by atoms with Gasteiger partial charge in [-0.15, -0.1) is 12.4 Å². The van der Waals surface area contributed by atoms with Gasteiger partial charge in [-0.25, -0.2) is 0 Å². The third kappa shape index (κ3) is 3.96. The normalized spacial score (nSPS) is 24.5. The number of methoxy groups -OCH3 is 1. The fourth-order valence-corrected chi connectivity index (χ4v) is 4.52. The van der Waals surface area contributed by atoms with Crippen molar-refractivity contribution in [1.82, 2.24) is 15.0 Å². The highest BCUT2D eigenvalue weighted by Gasteiger charge is 2.47. The summed E-state index contributed by atoms with van der Waals surface area (Å²) in [6, 6.07) is 10.5. The average Bonchev–Trinajstić information content (AvgIpc) is 3.36. The molecule has 2 aliphatic heterocycles. The van der Waals surface area contributed by atoms with Crippen LogP contribution in [0, 0.1) is 11.8 Å². The Morgan fingerprint density at radius 3 is 2.67 bits per heavy atom. The van der Waals surface area contributed by atoms with E-state index in [4.69, 9.17) is 9.26 Å². The Labute approximate surface area is 165 Å². The van der Waals surface area contributed by atoms with Crippen molar-refractivity contribution in [1.29, 1.82) is 0 Å². The van der Waals surface area contributed by atoms with Gasteiger partial charge in [0.2, 0.25) is 5.91 Å². The molecule has 2 saturated heterocycles. The minimum atomic E-state index is 0. The van der Waals surface area contributed by atoms with Crippen LogP contribution >= 0.6 is 12.4 Å². The Bertz CT molecular complexity index is 750. The van der Waals surface area contributed by atoms with Gasteiger partial charge in [0.1, 0.15) is 11.5 Å². The van der Waals surface area contributed by atoms with Crippen LogP contribution in [0.4, 0.5) is 0 Å². The molecule has 3 atom stereocenters. The summed E-state index contributed by atoms with van der Waals surface area (Å²) in [4.78, 5) is 17.1. The van der Waals surface area contributed by atoms with Crippen molar-refractivity contribution in [2.24, 2.45) is 11.8 Å². The van der Waals surface area contributed by atoms with Crippen LogP contribution in [0.5, 0.6) is 5.75 Å². The van der Waals surface area contributed by atoms with Gasteiger partial charge in [0.15, 0.2) is 0 Å². The molecule has 0 spiro atoms. The van der Waals surface area contributed by atoms with Crippen molar-refractivity contribution in [2.45, 2.75) is 18.9 Å². The molecule has 7 heteroatoms. The fraction of sp³-hybridized carbons (Fsp3) is 0.500. The maximum Gasteiger partial charge on any atom is 0.223 e. The van der Waals surface area contributed by atoms with E-state index in [0.717, 1.165) is 31.1 Å². The summed E-state index contributed by atoms with van der Waals surface area (Å²) in [5, 5.41) is 3.69. The molecule has 27 heavy (non-hydrogen) atoms. The van der Waals surface area contributed by atoms with Crippen LogP contribution < -0.4 is 4.74 Å². The molecule has 0 bridgehead atoms. The van der Waals surface area contributed by atoms with Crippen LogP contribution in [0.1, 0.15) is 23.8 Å². The van der Waals surface area contributed by atoms with Crippen LogP contribution in [-0.4, -0.2) is 54.7 Å². The molecule has 3 heterocycles. The minimum absolute atomic E-state index is 0. The molecule has 1 amide bonds. The molecule has 0 N–H and O–H groups in total. The Balaban J connectivity index is 0.00000210. The van der Waals surface area contributed by atoms with Crippen molar-refractivity contribution in [3.8, 4) is 5.75 Å². The lowest BCUT2D eigenvalue weighted by Gasteiger charge is -2.27. The molecule has 146 valence electrons. The van der Waals surface area contributed by atoms with E-state index >= 15 is 0 Å². The van der Waals surface area contributed by atoms with Gasteiger partial charge in [0.05, 0.1) is 13.3 Å². The lowest BCUT2D eigenvalue weighted by Crippen LogP contribution is -2.33. The van der Waals surface area contributed by atoms with Crippen molar-refractivity contribution >= 4 is 18.3 Å². The van der Waals surface area contributed by atoms with E-state index in [1.165, 1.54) is 5.56 Å². The number of fused-ring (bicyclic) bond motifs is 1. The first-order chi connectivity index (χ1) is 12.7. The van der Waals surface area contributed by atoms with E-state index in [0.29, 0.717) is 30.7 Å². The summed E-state index contributed by atoms with van der Waals surface area (Å²) in [5.74, 6) is 2.89. The number of benzene rings is 1. The number of aromatic nitrogens is 1. The van der Waals surface area contributed by atoms with Gasteiger partial charge in [0, 0.05) is 50.5 Å². The fourth-order valence-electron chi connectivity index (χ4n) is 4.52. The quantitative estimate of drug-likeness (QED) is 0.784. The van der Waals surface area contributed by atoms with Crippen molar-refractivity contribution < 1.29 is 14.1 Å². The van der Waals surface area contributed by atoms with E-state index in [1.807, 2.05) is 23.1 Å². The van der Waals surface area contributed by atoms with Gasteiger partial charge in [-0.05, 0) is 30.7 Å². The van der Waals surface area contributed by atoms with Gasteiger partial charge >= 0.3 is 0 Å². The molecular weight excluding hydrogens is 366 g/mol. The van der Waals surface area contributed by atoms with E-state index in [-0.39, 0.29) is 18.3 Å². The van der Waals surface area contributed by atoms with Gasteiger partial charge < -0.3 is 14.2 Å². The Morgan fingerprint density at radius 1 is 1.22 bits per heavy atom.